The second-order valence-electron chi connectivity index (χ2n) is 3.68. The molecule has 2 unspecified atom stereocenters. The predicted molar refractivity (Wildman–Crippen MR) is 49.0 cm³/mol. The first-order chi connectivity index (χ1) is 5.36. The molecule has 1 nitrogen and oxygen atoms in total. The summed E-state index contributed by atoms with van der Waals surface area (Å²) in [4.78, 5) is 0. The molecule has 0 N–H and O–H groups in total. The third kappa shape index (κ3) is 2.12. The van der Waals surface area contributed by atoms with Crippen LogP contribution in [0.1, 0.15) is 26.2 Å². The summed E-state index contributed by atoms with van der Waals surface area (Å²) in [6.07, 6.45) is 4.75. The number of thioether (sulfide) groups is 1. The molecular weight excluding hydrogens is 156 g/mol. The Kier molecular flexibility index (Phi) is 2.42. The maximum absolute atomic E-state index is 5.50. The van der Waals surface area contributed by atoms with E-state index in [-0.39, 0.29) is 0 Å². The summed E-state index contributed by atoms with van der Waals surface area (Å²) in [6, 6.07) is 0. The van der Waals surface area contributed by atoms with Crippen LogP contribution in [0.3, 0.4) is 0 Å². The fourth-order valence-corrected chi connectivity index (χ4v) is 2.94. The lowest BCUT2D eigenvalue weighted by molar-refractivity contribution is 0.127. The molecule has 2 heteroatoms. The maximum Gasteiger partial charge on any atom is 0.0666 e. The van der Waals surface area contributed by atoms with Crippen LogP contribution in [0.5, 0.6) is 0 Å². The van der Waals surface area contributed by atoms with Gasteiger partial charge in [0.25, 0.3) is 0 Å². The van der Waals surface area contributed by atoms with E-state index in [1.807, 2.05) is 0 Å². The van der Waals surface area contributed by atoms with E-state index in [1.165, 1.54) is 25.0 Å². The molecule has 1 saturated heterocycles. The van der Waals surface area contributed by atoms with Crippen LogP contribution in [-0.2, 0) is 4.74 Å². The number of ether oxygens (including phenoxy) is 1. The van der Waals surface area contributed by atoms with E-state index < -0.39 is 0 Å². The van der Waals surface area contributed by atoms with Gasteiger partial charge in [0.2, 0.25) is 0 Å². The molecule has 0 radical (unpaired) electrons. The average molecular weight is 172 g/mol. The minimum atomic E-state index is 0.513. The molecule has 1 aliphatic heterocycles. The van der Waals surface area contributed by atoms with E-state index in [9.17, 15) is 0 Å². The number of hydrogen-bond acceptors (Lipinski definition) is 2. The van der Waals surface area contributed by atoms with Gasteiger partial charge in [-0.1, -0.05) is 0 Å². The second kappa shape index (κ2) is 3.36. The van der Waals surface area contributed by atoms with Crippen LogP contribution in [0.4, 0.5) is 0 Å². The molecule has 0 spiro atoms. The molecule has 1 heterocycles. The highest BCUT2D eigenvalue weighted by Crippen LogP contribution is 2.36. The largest absolute Gasteiger partial charge is 0.377 e. The highest BCUT2D eigenvalue weighted by Gasteiger charge is 2.28. The van der Waals surface area contributed by atoms with E-state index in [1.54, 1.807) is 0 Å². The van der Waals surface area contributed by atoms with Crippen molar-refractivity contribution in [3.05, 3.63) is 0 Å². The third-order valence-electron chi connectivity index (χ3n) is 2.55. The Balaban J connectivity index is 1.67. The van der Waals surface area contributed by atoms with Crippen LogP contribution in [0, 0.1) is 5.92 Å². The fraction of sp³-hybridized carbons (Fsp3) is 1.00. The van der Waals surface area contributed by atoms with Gasteiger partial charge in [0.15, 0.2) is 0 Å². The van der Waals surface area contributed by atoms with Crippen molar-refractivity contribution in [2.24, 2.45) is 5.92 Å². The Morgan fingerprint density at radius 3 is 2.73 bits per heavy atom. The summed E-state index contributed by atoms with van der Waals surface area (Å²) in [5.74, 6) is 2.45. The SMILES string of the molecule is CC1OCCC1SCC1CC1. The Hall–Kier alpha value is 0.310. The minimum Gasteiger partial charge on any atom is -0.377 e. The average Bonchev–Trinajstić information content (AvgIpc) is 2.73. The molecule has 2 rings (SSSR count). The molecule has 64 valence electrons. The summed E-state index contributed by atoms with van der Waals surface area (Å²) in [7, 11) is 0. The van der Waals surface area contributed by atoms with Gasteiger partial charge in [0, 0.05) is 11.9 Å². The van der Waals surface area contributed by atoms with Crippen LogP contribution < -0.4 is 0 Å². The van der Waals surface area contributed by atoms with Crippen molar-refractivity contribution in [2.75, 3.05) is 12.4 Å². The number of hydrogen-bond donors (Lipinski definition) is 0. The van der Waals surface area contributed by atoms with Crippen molar-refractivity contribution in [3.8, 4) is 0 Å². The summed E-state index contributed by atoms with van der Waals surface area (Å²) < 4.78 is 5.50. The maximum atomic E-state index is 5.50. The van der Waals surface area contributed by atoms with E-state index in [0.29, 0.717) is 6.10 Å². The van der Waals surface area contributed by atoms with Crippen LogP contribution in [-0.4, -0.2) is 23.7 Å². The normalized spacial score (nSPS) is 37.9. The van der Waals surface area contributed by atoms with Gasteiger partial charge in [0.05, 0.1) is 6.10 Å². The highest BCUT2D eigenvalue weighted by atomic mass is 32.2. The molecule has 0 aromatic rings. The van der Waals surface area contributed by atoms with Crippen LogP contribution in [0.25, 0.3) is 0 Å². The van der Waals surface area contributed by atoms with Crippen LogP contribution in [0.15, 0.2) is 0 Å². The first-order valence-corrected chi connectivity index (χ1v) is 5.64. The van der Waals surface area contributed by atoms with E-state index in [0.717, 1.165) is 17.8 Å². The zero-order chi connectivity index (χ0) is 7.68. The summed E-state index contributed by atoms with van der Waals surface area (Å²) in [6.45, 7) is 3.20. The van der Waals surface area contributed by atoms with Gasteiger partial charge in [-0.25, -0.2) is 0 Å². The topological polar surface area (TPSA) is 9.23 Å². The van der Waals surface area contributed by atoms with Gasteiger partial charge < -0.3 is 4.74 Å². The second-order valence-corrected chi connectivity index (χ2v) is 4.95. The third-order valence-corrected chi connectivity index (χ3v) is 4.26. The lowest BCUT2D eigenvalue weighted by atomic mass is 10.3. The molecule has 1 saturated carbocycles. The molecule has 11 heavy (non-hydrogen) atoms. The molecule has 0 aromatic heterocycles. The zero-order valence-corrected chi connectivity index (χ0v) is 7.90. The van der Waals surface area contributed by atoms with Crippen molar-refractivity contribution >= 4 is 11.8 Å². The molecular formula is C9H16OS. The van der Waals surface area contributed by atoms with E-state index in [2.05, 4.69) is 18.7 Å². The monoisotopic (exact) mass is 172 g/mol. The Bertz CT molecular complexity index is 134. The lowest BCUT2D eigenvalue weighted by Crippen LogP contribution is -2.14. The van der Waals surface area contributed by atoms with Crippen LogP contribution >= 0.6 is 11.8 Å². The summed E-state index contributed by atoms with van der Waals surface area (Å²) >= 11 is 2.14. The first kappa shape index (κ1) is 7.93. The fourth-order valence-electron chi connectivity index (χ4n) is 1.48. The van der Waals surface area contributed by atoms with Crippen molar-refractivity contribution in [1.82, 2.24) is 0 Å². The molecule has 0 aromatic carbocycles. The summed E-state index contributed by atoms with van der Waals surface area (Å²) in [5.41, 5.74) is 0. The zero-order valence-electron chi connectivity index (χ0n) is 7.08. The molecule has 2 aliphatic rings. The first-order valence-electron chi connectivity index (χ1n) is 4.59. The Morgan fingerprint density at radius 2 is 2.18 bits per heavy atom. The number of rotatable bonds is 3. The van der Waals surface area contributed by atoms with Gasteiger partial charge in [-0.05, 0) is 37.9 Å². The van der Waals surface area contributed by atoms with E-state index in [4.69, 9.17) is 4.74 Å². The molecule has 0 bridgehead atoms. The van der Waals surface area contributed by atoms with Gasteiger partial charge in [-0.2, -0.15) is 11.8 Å². The molecule has 1 aliphatic carbocycles. The van der Waals surface area contributed by atoms with Crippen molar-refractivity contribution in [3.63, 3.8) is 0 Å². The van der Waals surface area contributed by atoms with Crippen LogP contribution in [0.2, 0.25) is 0 Å². The quantitative estimate of drug-likeness (QED) is 0.646. The van der Waals surface area contributed by atoms with Crippen molar-refractivity contribution < 1.29 is 4.74 Å². The Labute approximate surface area is 72.9 Å². The standard InChI is InChI=1S/C9H16OS/c1-7-9(4-5-10-7)11-6-8-2-3-8/h7-9H,2-6H2,1H3. The van der Waals surface area contributed by atoms with Gasteiger partial charge in [-0.15, -0.1) is 0 Å². The molecule has 0 amide bonds. The minimum absolute atomic E-state index is 0.513. The van der Waals surface area contributed by atoms with Crippen molar-refractivity contribution in [2.45, 2.75) is 37.5 Å². The van der Waals surface area contributed by atoms with Crippen molar-refractivity contribution in [1.29, 1.82) is 0 Å². The smallest absolute Gasteiger partial charge is 0.0666 e. The molecule has 2 atom stereocenters. The molecule has 2 fully saturated rings. The Morgan fingerprint density at radius 1 is 1.36 bits per heavy atom. The highest BCUT2D eigenvalue weighted by molar-refractivity contribution is 7.99. The van der Waals surface area contributed by atoms with Gasteiger partial charge >= 0.3 is 0 Å². The van der Waals surface area contributed by atoms with Gasteiger partial charge in [-0.3, -0.25) is 0 Å². The predicted octanol–water partition coefficient (Wildman–Crippen LogP) is 2.31. The summed E-state index contributed by atoms with van der Waals surface area (Å²) in [5, 5.41) is 0.801. The van der Waals surface area contributed by atoms with E-state index >= 15 is 0 Å². The lowest BCUT2D eigenvalue weighted by Gasteiger charge is -2.12. The van der Waals surface area contributed by atoms with Gasteiger partial charge in [0.1, 0.15) is 0 Å².